The van der Waals surface area contributed by atoms with Crippen LogP contribution in [0.25, 0.3) is 0 Å². The summed E-state index contributed by atoms with van der Waals surface area (Å²) in [5.41, 5.74) is 0. The molecule has 0 bridgehead atoms. The molecule has 0 rings (SSSR count). The Balaban J connectivity index is 0. The molecule has 62 valence electrons. The second-order valence-electron chi connectivity index (χ2n) is 3.01. The molecule has 10 heavy (non-hydrogen) atoms. The molecule has 0 amide bonds. The molecule has 0 fully saturated rings. The van der Waals surface area contributed by atoms with Gasteiger partial charge in [-0.25, -0.2) is 0 Å². The van der Waals surface area contributed by atoms with Gasteiger partial charge in [0.2, 0.25) is 0 Å². The monoisotopic (exact) mass is 146 g/mol. The van der Waals surface area contributed by atoms with Crippen LogP contribution in [0.5, 0.6) is 0 Å². The fraction of sp³-hybridized carbons (Fsp3) is 0.875. The molecule has 0 spiro atoms. The first kappa shape index (κ1) is 12.2. The number of carboxylic acids is 1. The lowest BCUT2D eigenvalue weighted by Gasteiger charge is -2.05. The topological polar surface area (TPSA) is 37.3 Å². The summed E-state index contributed by atoms with van der Waals surface area (Å²) < 4.78 is 0. The molecule has 0 atom stereocenters. The van der Waals surface area contributed by atoms with Crippen LogP contribution in [0.3, 0.4) is 0 Å². The highest BCUT2D eigenvalue weighted by molar-refractivity contribution is 5.62. The second-order valence-corrected chi connectivity index (χ2v) is 3.01. The minimum Gasteiger partial charge on any atom is -0.481 e. The van der Waals surface area contributed by atoms with Crippen molar-refractivity contribution in [3.8, 4) is 0 Å². The van der Waals surface area contributed by atoms with Gasteiger partial charge in [-0.05, 0) is 11.8 Å². The van der Waals surface area contributed by atoms with E-state index in [2.05, 4.69) is 27.7 Å². The zero-order chi connectivity index (χ0) is 8.73. The van der Waals surface area contributed by atoms with Gasteiger partial charge in [-0.3, -0.25) is 4.79 Å². The zero-order valence-corrected chi connectivity index (χ0v) is 7.51. The second kappa shape index (κ2) is 6.59. The Morgan fingerprint density at radius 1 is 1.10 bits per heavy atom. The Kier molecular flexibility index (Phi) is 8.02. The highest BCUT2D eigenvalue weighted by Crippen LogP contribution is 2.05. The first-order chi connectivity index (χ1) is 4.37. The summed E-state index contributed by atoms with van der Waals surface area (Å²) in [5.74, 6) is 0.870. The predicted octanol–water partition coefficient (Wildman–Crippen LogP) is 2.39. The molecule has 0 aromatic heterocycles. The van der Waals surface area contributed by atoms with Crippen LogP contribution in [0.15, 0.2) is 0 Å². The van der Waals surface area contributed by atoms with E-state index in [-0.39, 0.29) is 0 Å². The van der Waals surface area contributed by atoms with Gasteiger partial charge >= 0.3 is 0 Å². The normalized spacial score (nSPS) is 9.10. The minimum atomic E-state index is -0.833. The number of carbonyl (C=O) groups is 1. The SMILES string of the molecule is CC(=O)O.CC(C)C(C)C. The van der Waals surface area contributed by atoms with Gasteiger partial charge in [-0.2, -0.15) is 0 Å². The lowest BCUT2D eigenvalue weighted by molar-refractivity contribution is -0.134. The van der Waals surface area contributed by atoms with E-state index in [4.69, 9.17) is 9.90 Å². The molecular formula is C8H18O2. The summed E-state index contributed by atoms with van der Waals surface area (Å²) in [7, 11) is 0. The van der Waals surface area contributed by atoms with E-state index in [1.807, 2.05) is 0 Å². The van der Waals surface area contributed by atoms with Crippen LogP contribution in [0.2, 0.25) is 0 Å². The molecule has 2 heteroatoms. The first-order valence-electron chi connectivity index (χ1n) is 3.57. The van der Waals surface area contributed by atoms with Gasteiger partial charge in [0.1, 0.15) is 0 Å². The molecule has 0 heterocycles. The van der Waals surface area contributed by atoms with Crippen molar-refractivity contribution in [3.63, 3.8) is 0 Å². The van der Waals surface area contributed by atoms with Crippen LogP contribution >= 0.6 is 0 Å². The molecule has 0 radical (unpaired) electrons. The summed E-state index contributed by atoms with van der Waals surface area (Å²) in [6, 6.07) is 0. The smallest absolute Gasteiger partial charge is 0.300 e. The minimum absolute atomic E-state index is 0.833. The number of carboxylic acid groups (broad SMARTS) is 1. The number of hydrogen-bond donors (Lipinski definition) is 1. The van der Waals surface area contributed by atoms with Gasteiger partial charge in [-0.1, -0.05) is 27.7 Å². The Morgan fingerprint density at radius 2 is 1.20 bits per heavy atom. The van der Waals surface area contributed by atoms with E-state index in [1.54, 1.807) is 0 Å². The van der Waals surface area contributed by atoms with Crippen LogP contribution in [-0.4, -0.2) is 11.1 Å². The molecule has 0 saturated heterocycles. The molecule has 0 aliphatic carbocycles. The third-order valence-electron chi connectivity index (χ3n) is 1.33. The fourth-order valence-electron chi connectivity index (χ4n) is 0. The molecule has 1 N–H and O–H groups in total. The lowest BCUT2D eigenvalue weighted by atomic mass is 10.0. The molecule has 0 aromatic rings. The average Bonchev–Trinajstić information content (AvgIpc) is 1.63. The van der Waals surface area contributed by atoms with Gasteiger partial charge < -0.3 is 5.11 Å². The van der Waals surface area contributed by atoms with Gasteiger partial charge in [0, 0.05) is 6.92 Å². The molecule has 0 aromatic carbocycles. The maximum Gasteiger partial charge on any atom is 0.300 e. The summed E-state index contributed by atoms with van der Waals surface area (Å²) in [6.45, 7) is 10.0. The van der Waals surface area contributed by atoms with E-state index in [1.165, 1.54) is 0 Å². The molecule has 0 aliphatic rings. The Bertz CT molecular complexity index is 75.3. The Hall–Kier alpha value is -0.530. The van der Waals surface area contributed by atoms with Crippen molar-refractivity contribution in [2.24, 2.45) is 11.8 Å². The van der Waals surface area contributed by atoms with E-state index in [9.17, 15) is 0 Å². The van der Waals surface area contributed by atoms with Gasteiger partial charge in [0.15, 0.2) is 0 Å². The fourth-order valence-corrected chi connectivity index (χ4v) is 0. The third-order valence-corrected chi connectivity index (χ3v) is 1.33. The van der Waals surface area contributed by atoms with Crippen molar-refractivity contribution < 1.29 is 9.90 Å². The first-order valence-corrected chi connectivity index (χ1v) is 3.57. The van der Waals surface area contributed by atoms with Gasteiger partial charge in [0.25, 0.3) is 5.97 Å². The molecular weight excluding hydrogens is 128 g/mol. The van der Waals surface area contributed by atoms with E-state index < -0.39 is 5.97 Å². The maximum absolute atomic E-state index is 9.00. The summed E-state index contributed by atoms with van der Waals surface area (Å²) >= 11 is 0. The van der Waals surface area contributed by atoms with Crippen molar-refractivity contribution in [2.45, 2.75) is 34.6 Å². The standard InChI is InChI=1S/C6H14.C2H4O2/c1-5(2)6(3)4;1-2(3)4/h5-6H,1-4H3;1H3,(H,3,4). The van der Waals surface area contributed by atoms with Crippen molar-refractivity contribution in [3.05, 3.63) is 0 Å². The van der Waals surface area contributed by atoms with E-state index >= 15 is 0 Å². The summed E-state index contributed by atoms with van der Waals surface area (Å²) in [5, 5.41) is 7.42. The van der Waals surface area contributed by atoms with Crippen molar-refractivity contribution in [1.29, 1.82) is 0 Å². The molecule has 0 aliphatic heterocycles. The van der Waals surface area contributed by atoms with Crippen molar-refractivity contribution >= 4 is 5.97 Å². The van der Waals surface area contributed by atoms with Gasteiger partial charge in [0.05, 0.1) is 0 Å². The number of aliphatic carboxylic acids is 1. The van der Waals surface area contributed by atoms with Crippen LogP contribution in [-0.2, 0) is 4.79 Å². The maximum atomic E-state index is 9.00. The number of hydrogen-bond acceptors (Lipinski definition) is 1. The van der Waals surface area contributed by atoms with Crippen molar-refractivity contribution in [2.75, 3.05) is 0 Å². The lowest BCUT2D eigenvalue weighted by Crippen LogP contribution is -1.95. The van der Waals surface area contributed by atoms with Crippen LogP contribution < -0.4 is 0 Å². The zero-order valence-electron chi connectivity index (χ0n) is 7.51. The number of rotatable bonds is 1. The average molecular weight is 146 g/mol. The van der Waals surface area contributed by atoms with E-state index in [0.717, 1.165) is 18.8 Å². The molecule has 0 saturated carbocycles. The Morgan fingerprint density at radius 3 is 1.20 bits per heavy atom. The van der Waals surface area contributed by atoms with Crippen LogP contribution in [0.4, 0.5) is 0 Å². The molecule has 0 unspecified atom stereocenters. The molecule has 2 nitrogen and oxygen atoms in total. The largest absolute Gasteiger partial charge is 0.481 e. The Labute approximate surface area is 63.3 Å². The van der Waals surface area contributed by atoms with Crippen molar-refractivity contribution in [1.82, 2.24) is 0 Å². The van der Waals surface area contributed by atoms with Gasteiger partial charge in [-0.15, -0.1) is 0 Å². The van der Waals surface area contributed by atoms with E-state index in [0.29, 0.717) is 0 Å². The highest BCUT2D eigenvalue weighted by Gasteiger charge is 1.95. The van der Waals surface area contributed by atoms with Crippen LogP contribution in [0.1, 0.15) is 34.6 Å². The summed E-state index contributed by atoms with van der Waals surface area (Å²) in [4.78, 5) is 9.00. The quantitative estimate of drug-likeness (QED) is 0.616. The van der Waals surface area contributed by atoms with Crippen LogP contribution in [0, 0.1) is 11.8 Å². The third kappa shape index (κ3) is 26.0. The summed E-state index contributed by atoms with van der Waals surface area (Å²) in [6.07, 6.45) is 0. The predicted molar refractivity (Wildman–Crippen MR) is 43.0 cm³/mol. The highest BCUT2D eigenvalue weighted by atomic mass is 16.4.